The number of hydrogen-bond donors (Lipinski definition) is 2. The van der Waals surface area contributed by atoms with Crippen LogP contribution in [-0.4, -0.2) is 40.1 Å². The molecule has 0 spiro atoms. The van der Waals surface area contributed by atoms with E-state index in [1.165, 1.54) is 17.4 Å². The number of urea groups is 1. The fraction of sp³-hybridized carbons (Fsp3) is 0.364. The molecule has 1 aromatic heterocycles. The molecule has 0 bridgehead atoms. The number of carbonyl (C=O) groups excluding carboxylic acids is 1. The van der Waals surface area contributed by atoms with E-state index in [-0.39, 0.29) is 13.1 Å². The molecular weight excluding hydrogens is 254 g/mol. The maximum absolute atomic E-state index is 11.8. The maximum atomic E-state index is 11.8. The number of aryl methyl sites for hydroxylation is 2. The van der Waals surface area contributed by atoms with Crippen molar-refractivity contribution in [1.29, 1.82) is 0 Å². The van der Waals surface area contributed by atoms with Gasteiger partial charge in [-0.05, 0) is 13.8 Å². The van der Waals surface area contributed by atoms with Crippen LogP contribution in [0.4, 0.5) is 9.93 Å². The summed E-state index contributed by atoms with van der Waals surface area (Å²) in [7, 11) is 0. The lowest BCUT2D eigenvalue weighted by atomic mass is 10.4. The molecule has 2 N–H and O–H groups in total. The number of carbonyl (C=O) groups is 2. The molecule has 0 unspecified atom stereocenters. The predicted octanol–water partition coefficient (Wildman–Crippen LogP) is 1.86. The molecule has 7 heteroatoms. The van der Waals surface area contributed by atoms with Gasteiger partial charge in [0, 0.05) is 11.4 Å². The van der Waals surface area contributed by atoms with Gasteiger partial charge in [0.2, 0.25) is 0 Å². The molecule has 0 aliphatic carbocycles. The summed E-state index contributed by atoms with van der Waals surface area (Å²) in [5, 5.41) is 11.7. The van der Waals surface area contributed by atoms with E-state index in [1.54, 1.807) is 0 Å². The normalized spacial score (nSPS) is 9.89. The largest absolute Gasteiger partial charge is 0.480 e. The number of rotatable bonds is 5. The molecule has 6 nitrogen and oxygen atoms in total. The number of hydrogen-bond acceptors (Lipinski definition) is 4. The first-order valence-electron chi connectivity index (χ1n) is 5.26. The van der Waals surface area contributed by atoms with Crippen LogP contribution in [0.25, 0.3) is 0 Å². The number of nitrogens with zero attached hydrogens (tertiary/aromatic N) is 2. The fourth-order valence-corrected chi connectivity index (χ4v) is 2.04. The zero-order valence-corrected chi connectivity index (χ0v) is 11.1. The first-order chi connectivity index (χ1) is 8.43. The van der Waals surface area contributed by atoms with E-state index in [4.69, 9.17) is 5.11 Å². The Hall–Kier alpha value is -1.89. The summed E-state index contributed by atoms with van der Waals surface area (Å²) >= 11 is 1.35. The van der Waals surface area contributed by atoms with E-state index in [2.05, 4.69) is 16.9 Å². The molecule has 0 aromatic carbocycles. The van der Waals surface area contributed by atoms with Crippen molar-refractivity contribution in [2.45, 2.75) is 13.8 Å². The average molecular weight is 269 g/mol. The van der Waals surface area contributed by atoms with Gasteiger partial charge in [-0.25, -0.2) is 9.78 Å². The lowest BCUT2D eigenvalue weighted by molar-refractivity contribution is -0.137. The highest BCUT2D eigenvalue weighted by molar-refractivity contribution is 7.15. The van der Waals surface area contributed by atoms with Crippen LogP contribution in [0.1, 0.15) is 10.6 Å². The summed E-state index contributed by atoms with van der Waals surface area (Å²) in [6.45, 7) is 7.03. The lowest BCUT2D eigenvalue weighted by Gasteiger charge is -2.18. The summed E-state index contributed by atoms with van der Waals surface area (Å²) in [5.41, 5.74) is 0.851. The molecule has 0 radical (unpaired) electrons. The SMILES string of the molecule is C=CCN(CC(=O)O)C(=O)Nc1nc(C)c(C)s1. The summed E-state index contributed by atoms with van der Waals surface area (Å²) in [4.78, 5) is 28.8. The molecule has 0 fully saturated rings. The summed E-state index contributed by atoms with van der Waals surface area (Å²) < 4.78 is 0. The minimum atomic E-state index is -1.07. The number of anilines is 1. The highest BCUT2D eigenvalue weighted by atomic mass is 32.1. The fourth-order valence-electron chi connectivity index (χ4n) is 1.24. The zero-order valence-electron chi connectivity index (χ0n) is 10.3. The second-order valence-corrected chi connectivity index (χ2v) is 4.86. The van der Waals surface area contributed by atoms with Gasteiger partial charge in [-0.3, -0.25) is 10.1 Å². The molecule has 0 aliphatic heterocycles. The minimum absolute atomic E-state index is 0.168. The van der Waals surface area contributed by atoms with E-state index < -0.39 is 12.0 Å². The van der Waals surface area contributed by atoms with Crippen molar-refractivity contribution in [3.8, 4) is 0 Å². The number of nitrogens with one attached hydrogen (secondary N) is 1. The maximum Gasteiger partial charge on any atom is 0.324 e. The van der Waals surface area contributed by atoms with Gasteiger partial charge in [-0.15, -0.1) is 17.9 Å². The first-order valence-corrected chi connectivity index (χ1v) is 6.08. The van der Waals surface area contributed by atoms with Crippen LogP contribution in [0.15, 0.2) is 12.7 Å². The monoisotopic (exact) mass is 269 g/mol. The van der Waals surface area contributed by atoms with Gasteiger partial charge >= 0.3 is 12.0 Å². The molecule has 0 saturated carbocycles. The Morgan fingerprint density at radius 3 is 2.67 bits per heavy atom. The van der Waals surface area contributed by atoms with E-state index in [1.807, 2.05) is 13.8 Å². The molecule has 98 valence electrons. The van der Waals surface area contributed by atoms with Crippen molar-refractivity contribution in [1.82, 2.24) is 9.88 Å². The minimum Gasteiger partial charge on any atom is -0.480 e. The third kappa shape index (κ3) is 3.85. The van der Waals surface area contributed by atoms with E-state index >= 15 is 0 Å². The Bertz CT molecular complexity index is 451. The second kappa shape index (κ2) is 6.15. The second-order valence-electron chi connectivity index (χ2n) is 3.65. The van der Waals surface area contributed by atoms with Crippen molar-refractivity contribution in [3.63, 3.8) is 0 Å². The smallest absolute Gasteiger partial charge is 0.324 e. The highest BCUT2D eigenvalue weighted by Gasteiger charge is 2.17. The van der Waals surface area contributed by atoms with Crippen molar-refractivity contribution in [3.05, 3.63) is 23.2 Å². The first kappa shape index (κ1) is 14.2. The summed E-state index contributed by atoms with van der Waals surface area (Å²) in [6, 6.07) is -0.494. The average Bonchev–Trinajstić information content (AvgIpc) is 2.56. The van der Waals surface area contributed by atoms with Crippen molar-refractivity contribution < 1.29 is 14.7 Å². The van der Waals surface area contributed by atoms with Crippen LogP contribution in [-0.2, 0) is 4.79 Å². The standard InChI is InChI=1S/C11H15N3O3S/c1-4-5-14(6-9(15)16)11(17)13-10-12-7(2)8(3)18-10/h4H,1,5-6H2,2-3H3,(H,15,16)(H,12,13,17). The van der Waals surface area contributed by atoms with Gasteiger partial charge in [-0.1, -0.05) is 6.08 Å². The summed E-state index contributed by atoms with van der Waals surface area (Å²) in [6.07, 6.45) is 1.47. The molecule has 2 amide bonds. The summed E-state index contributed by atoms with van der Waals surface area (Å²) in [5.74, 6) is -1.07. The van der Waals surface area contributed by atoms with Crippen LogP contribution in [0.5, 0.6) is 0 Å². The Morgan fingerprint density at radius 2 is 2.22 bits per heavy atom. The Labute approximate surface area is 109 Å². The lowest BCUT2D eigenvalue weighted by Crippen LogP contribution is -2.38. The highest BCUT2D eigenvalue weighted by Crippen LogP contribution is 2.21. The molecule has 0 saturated heterocycles. The molecule has 1 rings (SSSR count). The number of carboxylic acid groups (broad SMARTS) is 1. The third-order valence-electron chi connectivity index (χ3n) is 2.21. The zero-order chi connectivity index (χ0) is 13.7. The number of aliphatic carboxylic acids is 1. The van der Waals surface area contributed by atoms with Crippen LogP contribution in [0, 0.1) is 13.8 Å². The predicted molar refractivity (Wildman–Crippen MR) is 70.0 cm³/mol. The number of aromatic nitrogens is 1. The molecule has 1 heterocycles. The van der Waals surface area contributed by atoms with E-state index in [9.17, 15) is 9.59 Å². The molecule has 1 aromatic rings. The Morgan fingerprint density at radius 1 is 1.56 bits per heavy atom. The molecule has 0 aliphatic rings. The van der Waals surface area contributed by atoms with Gasteiger partial charge in [0.1, 0.15) is 6.54 Å². The molecule has 0 atom stereocenters. The van der Waals surface area contributed by atoms with Gasteiger partial charge < -0.3 is 10.0 Å². The van der Waals surface area contributed by atoms with Crippen LogP contribution >= 0.6 is 11.3 Å². The molecular formula is C11H15N3O3S. The van der Waals surface area contributed by atoms with Crippen LogP contribution < -0.4 is 5.32 Å². The third-order valence-corrected chi connectivity index (χ3v) is 3.19. The van der Waals surface area contributed by atoms with E-state index in [0.717, 1.165) is 15.5 Å². The van der Waals surface area contributed by atoms with Crippen LogP contribution in [0.3, 0.4) is 0 Å². The number of carboxylic acids is 1. The van der Waals surface area contributed by atoms with Crippen molar-refractivity contribution in [2.75, 3.05) is 18.4 Å². The molecule has 18 heavy (non-hydrogen) atoms. The van der Waals surface area contributed by atoms with E-state index in [0.29, 0.717) is 5.13 Å². The van der Waals surface area contributed by atoms with Crippen LogP contribution in [0.2, 0.25) is 0 Å². The van der Waals surface area contributed by atoms with Gasteiger partial charge in [-0.2, -0.15) is 0 Å². The quantitative estimate of drug-likeness (QED) is 0.799. The Kier molecular flexibility index (Phi) is 4.85. The van der Waals surface area contributed by atoms with Gasteiger partial charge in [0.25, 0.3) is 0 Å². The number of amides is 2. The van der Waals surface area contributed by atoms with Crippen molar-refractivity contribution in [2.24, 2.45) is 0 Å². The Balaban J connectivity index is 2.71. The number of thiazole rings is 1. The van der Waals surface area contributed by atoms with Gasteiger partial charge in [0.05, 0.1) is 5.69 Å². The topological polar surface area (TPSA) is 82.5 Å². The van der Waals surface area contributed by atoms with Gasteiger partial charge in [0.15, 0.2) is 5.13 Å². The van der Waals surface area contributed by atoms with Crippen molar-refractivity contribution >= 4 is 28.5 Å².